The largest absolute Gasteiger partial charge is 0.469 e. The Balaban J connectivity index is 1.54. The van der Waals surface area contributed by atoms with Crippen molar-refractivity contribution in [2.24, 2.45) is 4.99 Å². The van der Waals surface area contributed by atoms with Crippen LogP contribution >= 0.6 is 22.7 Å². The Morgan fingerprint density at radius 3 is 2.89 bits per heavy atom. The van der Waals surface area contributed by atoms with Gasteiger partial charge in [0.25, 0.3) is 0 Å². The standard InChI is InChI=1S/C20H26N4OS2/c1-16-15-23-19(27-16)9-12-24(2)20(21-10-7-17-5-3-13-25-17)22-11-8-18-6-4-14-26-18/h3-6,13-15H,7-12H2,1-2H3,(H,21,22). The van der Waals surface area contributed by atoms with Gasteiger partial charge in [0.05, 0.1) is 11.3 Å². The molecule has 0 unspecified atom stereocenters. The van der Waals surface area contributed by atoms with Gasteiger partial charge >= 0.3 is 0 Å². The molecule has 0 aliphatic heterocycles. The van der Waals surface area contributed by atoms with Crippen molar-refractivity contribution in [3.8, 4) is 0 Å². The highest BCUT2D eigenvalue weighted by atomic mass is 32.1. The summed E-state index contributed by atoms with van der Waals surface area (Å²) in [5.74, 6) is 1.92. The number of hydrogen-bond donors (Lipinski definition) is 1. The summed E-state index contributed by atoms with van der Waals surface area (Å²) >= 11 is 3.55. The highest BCUT2D eigenvalue weighted by Crippen LogP contribution is 2.12. The Morgan fingerprint density at radius 1 is 1.26 bits per heavy atom. The highest BCUT2D eigenvalue weighted by molar-refractivity contribution is 7.11. The summed E-state index contributed by atoms with van der Waals surface area (Å²) in [4.78, 5) is 14.1. The number of aryl methyl sites for hydroxylation is 1. The summed E-state index contributed by atoms with van der Waals surface area (Å²) in [5.41, 5.74) is 0. The lowest BCUT2D eigenvalue weighted by Gasteiger charge is -2.22. The molecule has 0 saturated carbocycles. The molecule has 0 aromatic carbocycles. The second-order valence-electron chi connectivity index (χ2n) is 6.33. The van der Waals surface area contributed by atoms with E-state index in [1.165, 1.54) is 14.8 Å². The third-order valence-corrected chi connectivity index (χ3v) is 6.04. The fourth-order valence-electron chi connectivity index (χ4n) is 2.68. The molecule has 3 aromatic heterocycles. The summed E-state index contributed by atoms with van der Waals surface area (Å²) in [7, 11) is 2.09. The van der Waals surface area contributed by atoms with Crippen LogP contribution in [0.15, 0.2) is 51.5 Å². The van der Waals surface area contributed by atoms with E-state index in [1.54, 1.807) is 28.9 Å². The summed E-state index contributed by atoms with van der Waals surface area (Å²) in [5, 5.41) is 6.77. The van der Waals surface area contributed by atoms with Gasteiger partial charge in [-0.3, -0.25) is 4.99 Å². The van der Waals surface area contributed by atoms with Crippen LogP contribution in [-0.4, -0.2) is 42.5 Å². The molecule has 0 amide bonds. The van der Waals surface area contributed by atoms with E-state index in [-0.39, 0.29) is 0 Å². The van der Waals surface area contributed by atoms with Gasteiger partial charge in [-0.2, -0.15) is 0 Å². The van der Waals surface area contributed by atoms with E-state index in [1.807, 2.05) is 18.3 Å². The zero-order valence-corrected chi connectivity index (χ0v) is 17.5. The summed E-state index contributed by atoms with van der Waals surface area (Å²) in [6.45, 7) is 4.56. The van der Waals surface area contributed by atoms with E-state index >= 15 is 0 Å². The SMILES string of the molecule is Cc1cnc(CCN(C)C(=NCCc2cccs2)NCCc2ccco2)s1. The number of thiophene rings is 1. The van der Waals surface area contributed by atoms with Gasteiger partial charge in [-0.25, -0.2) is 4.98 Å². The first kappa shape index (κ1) is 19.6. The van der Waals surface area contributed by atoms with Gasteiger partial charge in [-0.15, -0.1) is 22.7 Å². The van der Waals surface area contributed by atoms with Gasteiger partial charge in [0.15, 0.2) is 5.96 Å². The third-order valence-electron chi connectivity index (χ3n) is 4.13. The van der Waals surface area contributed by atoms with Crippen molar-refractivity contribution in [1.82, 2.24) is 15.2 Å². The van der Waals surface area contributed by atoms with E-state index in [2.05, 4.69) is 46.7 Å². The maximum absolute atomic E-state index is 5.41. The number of hydrogen-bond acceptors (Lipinski definition) is 5. The molecule has 0 radical (unpaired) electrons. The Labute approximate surface area is 168 Å². The maximum atomic E-state index is 5.41. The molecule has 3 rings (SSSR count). The first-order chi connectivity index (χ1) is 13.2. The fraction of sp³-hybridized carbons (Fsp3) is 0.400. The monoisotopic (exact) mass is 402 g/mol. The van der Waals surface area contributed by atoms with Crippen LogP contribution in [0.25, 0.3) is 0 Å². The normalized spacial score (nSPS) is 11.7. The molecule has 5 nitrogen and oxygen atoms in total. The Kier molecular flexibility index (Phi) is 7.47. The van der Waals surface area contributed by atoms with E-state index in [9.17, 15) is 0 Å². The van der Waals surface area contributed by atoms with Crippen LogP contribution in [0.5, 0.6) is 0 Å². The van der Waals surface area contributed by atoms with Crippen molar-refractivity contribution in [3.05, 3.63) is 62.6 Å². The van der Waals surface area contributed by atoms with Crippen molar-refractivity contribution < 1.29 is 4.42 Å². The lowest BCUT2D eigenvalue weighted by molar-refractivity contribution is 0.474. The number of aromatic nitrogens is 1. The Bertz CT molecular complexity index is 809. The van der Waals surface area contributed by atoms with Crippen molar-refractivity contribution in [3.63, 3.8) is 0 Å². The third kappa shape index (κ3) is 6.52. The quantitative estimate of drug-likeness (QED) is 0.434. The molecule has 0 fully saturated rings. The average molecular weight is 403 g/mol. The molecule has 144 valence electrons. The number of guanidine groups is 1. The number of thiazole rings is 1. The smallest absolute Gasteiger partial charge is 0.193 e. The van der Waals surface area contributed by atoms with Crippen LogP contribution in [0.1, 0.15) is 20.5 Å². The van der Waals surface area contributed by atoms with Crippen LogP contribution in [-0.2, 0) is 19.3 Å². The van der Waals surface area contributed by atoms with Crippen LogP contribution in [0.4, 0.5) is 0 Å². The van der Waals surface area contributed by atoms with Crippen molar-refractivity contribution >= 4 is 28.6 Å². The number of furan rings is 1. The van der Waals surface area contributed by atoms with E-state index < -0.39 is 0 Å². The second kappa shape index (κ2) is 10.3. The highest BCUT2D eigenvalue weighted by Gasteiger charge is 2.09. The Morgan fingerprint density at radius 2 is 2.19 bits per heavy atom. The first-order valence-corrected chi connectivity index (χ1v) is 10.9. The molecule has 7 heteroatoms. The molecule has 0 spiro atoms. The van der Waals surface area contributed by atoms with Crippen LogP contribution < -0.4 is 5.32 Å². The lowest BCUT2D eigenvalue weighted by Crippen LogP contribution is -2.41. The number of nitrogens with one attached hydrogen (secondary N) is 1. The minimum atomic E-state index is 0.782. The number of aliphatic imine (C=N–C) groups is 1. The predicted octanol–water partition coefficient (Wildman–Crippen LogP) is 4.01. The molecular weight excluding hydrogens is 376 g/mol. The minimum absolute atomic E-state index is 0.782. The van der Waals surface area contributed by atoms with E-state index in [0.717, 1.165) is 50.6 Å². The molecule has 3 aromatic rings. The van der Waals surface area contributed by atoms with Crippen LogP contribution in [0.2, 0.25) is 0 Å². The molecule has 1 N–H and O–H groups in total. The van der Waals surface area contributed by atoms with Gasteiger partial charge in [0.1, 0.15) is 5.76 Å². The molecule has 0 aliphatic carbocycles. The van der Waals surface area contributed by atoms with E-state index in [0.29, 0.717) is 0 Å². The van der Waals surface area contributed by atoms with E-state index in [4.69, 9.17) is 9.41 Å². The lowest BCUT2D eigenvalue weighted by atomic mass is 10.3. The summed E-state index contributed by atoms with van der Waals surface area (Å²) in [6.07, 6.45) is 6.40. The molecule has 27 heavy (non-hydrogen) atoms. The molecule has 0 aliphatic rings. The van der Waals surface area contributed by atoms with Crippen molar-refractivity contribution in [2.75, 3.05) is 26.7 Å². The number of likely N-dealkylation sites (N-methyl/N-ethyl adjacent to an activating group) is 1. The van der Waals surface area contributed by atoms with Crippen molar-refractivity contribution in [1.29, 1.82) is 0 Å². The molecular formula is C20H26N4OS2. The Hall–Kier alpha value is -2.12. The van der Waals surface area contributed by atoms with Gasteiger partial charge in [0, 0.05) is 61.9 Å². The van der Waals surface area contributed by atoms with Crippen molar-refractivity contribution in [2.45, 2.75) is 26.2 Å². The summed E-state index contributed by atoms with van der Waals surface area (Å²) in [6, 6.07) is 8.18. The topological polar surface area (TPSA) is 53.7 Å². The zero-order chi connectivity index (χ0) is 18.9. The average Bonchev–Trinajstić information content (AvgIpc) is 3.42. The fourth-order valence-corrected chi connectivity index (χ4v) is 4.15. The first-order valence-electron chi connectivity index (χ1n) is 9.16. The van der Waals surface area contributed by atoms with Gasteiger partial charge in [0.2, 0.25) is 0 Å². The molecule has 0 bridgehead atoms. The predicted molar refractivity (Wildman–Crippen MR) is 114 cm³/mol. The molecule has 0 atom stereocenters. The number of nitrogens with zero attached hydrogens (tertiary/aromatic N) is 3. The minimum Gasteiger partial charge on any atom is -0.469 e. The second-order valence-corrected chi connectivity index (χ2v) is 8.68. The van der Waals surface area contributed by atoms with Gasteiger partial charge in [-0.1, -0.05) is 6.07 Å². The summed E-state index contributed by atoms with van der Waals surface area (Å²) < 4.78 is 5.41. The zero-order valence-electron chi connectivity index (χ0n) is 15.9. The maximum Gasteiger partial charge on any atom is 0.193 e. The molecule has 3 heterocycles. The van der Waals surface area contributed by atoms with Gasteiger partial charge in [-0.05, 0) is 30.5 Å². The van der Waals surface area contributed by atoms with Crippen LogP contribution in [0, 0.1) is 6.92 Å². The molecule has 0 saturated heterocycles. The van der Waals surface area contributed by atoms with Crippen LogP contribution in [0.3, 0.4) is 0 Å². The van der Waals surface area contributed by atoms with Gasteiger partial charge < -0.3 is 14.6 Å². The number of rotatable bonds is 9.